The molecule has 2 rings (SSSR count). The molecule has 0 aliphatic heterocycles. The molecule has 2 N–H and O–H groups in total. The Morgan fingerprint density at radius 2 is 1.95 bits per heavy atom. The quantitative estimate of drug-likeness (QED) is 0.820. The van der Waals surface area contributed by atoms with Crippen molar-refractivity contribution in [2.24, 2.45) is 0 Å². The first-order chi connectivity index (χ1) is 9.60. The van der Waals surface area contributed by atoms with E-state index in [9.17, 15) is 9.59 Å². The summed E-state index contributed by atoms with van der Waals surface area (Å²) in [7, 11) is 0. The molecule has 1 saturated carbocycles. The molecule has 0 saturated heterocycles. The van der Waals surface area contributed by atoms with Crippen molar-refractivity contribution in [1.82, 2.24) is 5.32 Å². The van der Waals surface area contributed by atoms with Crippen LogP contribution in [-0.4, -0.2) is 17.9 Å². The van der Waals surface area contributed by atoms with Crippen LogP contribution in [0.3, 0.4) is 0 Å². The molecule has 0 unspecified atom stereocenters. The van der Waals surface area contributed by atoms with E-state index in [1.165, 1.54) is 12.1 Å². The second-order valence-corrected chi connectivity index (χ2v) is 5.15. The number of rotatable bonds is 2. The molecule has 20 heavy (non-hydrogen) atoms. The molecule has 104 valence electrons. The first-order valence-corrected chi connectivity index (χ1v) is 6.79. The molecule has 1 aromatic rings. The zero-order chi connectivity index (χ0) is 14.5. The molecule has 1 aromatic carbocycles. The maximum Gasteiger partial charge on any atom is 0.313 e. The lowest BCUT2D eigenvalue weighted by molar-refractivity contribution is -0.136. The Balaban J connectivity index is 2.02. The number of benzene rings is 1. The Morgan fingerprint density at radius 1 is 1.25 bits per heavy atom. The third-order valence-corrected chi connectivity index (χ3v) is 3.48. The third-order valence-electron chi connectivity index (χ3n) is 3.25. The molecular formula is C14H14ClN3O2. The van der Waals surface area contributed by atoms with E-state index in [1.807, 2.05) is 6.07 Å². The average Bonchev–Trinajstić information content (AvgIpc) is 2.91. The van der Waals surface area contributed by atoms with Gasteiger partial charge in [-0.2, -0.15) is 5.26 Å². The SMILES string of the molecule is N#Cc1ccc(Cl)cc1NC(=O)C(=O)NC1CCCC1. The molecule has 0 bridgehead atoms. The topological polar surface area (TPSA) is 82.0 Å². The fraction of sp³-hybridized carbons (Fsp3) is 0.357. The summed E-state index contributed by atoms with van der Waals surface area (Å²) < 4.78 is 0. The molecule has 2 amide bonds. The Bertz CT molecular complexity index is 574. The van der Waals surface area contributed by atoms with E-state index in [0.29, 0.717) is 5.02 Å². The highest BCUT2D eigenvalue weighted by Crippen LogP contribution is 2.20. The Hall–Kier alpha value is -2.06. The second-order valence-electron chi connectivity index (χ2n) is 4.71. The summed E-state index contributed by atoms with van der Waals surface area (Å²) in [6.45, 7) is 0. The first-order valence-electron chi connectivity index (χ1n) is 6.41. The first kappa shape index (κ1) is 14.4. The van der Waals surface area contributed by atoms with E-state index in [2.05, 4.69) is 10.6 Å². The number of nitriles is 1. The van der Waals surface area contributed by atoms with Crippen LogP contribution in [0.5, 0.6) is 0 Å². The molecular weight excluding hydrogens is 278 g/mol. The summed E-state index contributed by atoms with van der Waals surface area (Å²) >= 11 is 5.81. The van der Waals surface area contributed by atoms with Crippen molar-refractivity contribution in [2.45, 2.75) is 31.7 Å². The van der Waals surface area contributed by atoms with Crippen LogP contribution in [0.25, 0.3) is 0 Å². The molecule has 5 nitrogen and oxygen atoms in total. The van der Waals surface area contributed by atoms with Crippen LogP contribution in [0, 0.1) is 11.3 Å². The standard InChI is InChI=1S/C14H14ClN3O2/c15-10-6-5-9(8-16)12(7-10)18-14(20)13(19)17-11-3-1-2-4-11/h5-7,11H,1-4H2,(H,17,19)(H,18,20). The van der Waals surface area contributed by atoms with Gasteiger partial charge in [0.25, 0.3) is 0 Å². The lowest BCUT2D eigenvalue weighted by atomic mass is 10.2. The van der Waals surface area contributed by atoms with Gasteiger partial charge in [0, 0.05) is 11.1 Å². The number of carbonyl (C=O) groups is 2. The van der Waals surface area contributed by atoms with Gasteiger partial charge in [-0.3, -0.25) is 9.59 Å². The van der Waals surface area contributed by atoms with E-state index < -0.39 is 11.8 Å². The van der Waals surface area contributed by atoms with E-state index in [1.54, 1.807) is 6.07 Å². The smallest absolute Gasteiger partial charge is 0.313 e. The Kier molecular flexibility index (Phi) is 4.59. The molecule has 0 aromatic heterocycles. The molecule has 6 heteroatoms. The molecule has 0 radical (unpaired) electrons. The third kappa shape index (κ3) is 3.49. The zero-order valence-corrected chi connectivity index (χ0v) is 11.5. The summed E-state index contributed by atoms with van der Waals surface area (Å²) in [6.07, 6.45) is 3.94. The minimum atomic E-state index is -0.782. The normalized spacial score (nSPS) is 14.6. The van der Waals surface area contributed by atoms with Gasteiger partial charge in [-0.15, -0.1) is 0 Å². The summed E-state index contributed by atoms with van der Waals surface area (Å²) in [6, 6.07) is 6.50. The van der Waals surface area contributed by atoms with Crippen LogP contribution in [-0.2, 0) is 9.59 Å². The highest BCUT2D eigenvalue weighted by molar-refractivity contribution is 6.40. The van der Waals surface area contributed by atoms with Gasteiger partial charge in [0.05, 0.1) is 11.3 Å². The van der Waals surface area contributed by atoms with Gasteiger partial charge in [-0.1, -0.05) is 24.4 Å². The Labute approximate surface area is 121 Å². The maximum atomic E-state index is 11.8. The fourth-order valence-corrected chi connectivity index (χ4v) is 2.39. The number of hydrogen-bond donors (Lipinski definition) is 2. The van der Waals surface area contributed by atoms with E-state index in [0.717, 1.165) is 25.7 Å². The molecule has 0 atom stereocenters. The van der Waals surface area contributed by atoms with E-state index in [4.69, 9.17) is 16.9 Å². The lowest BCUT2D eigenvalue weighted by Crippen LogP contribution is -2.40. The number of anilines is 1. The summed E-state index contributed by atoms with van der Waals surface area (Å²) in [5.74, 6) is -1.46. The van der Waals surface area contributed by atoms with Gasteiger partial charge in [0.2, 0.25) is 0 Å². The van der Waals surface area contributed by atoms with Crippen molar-refractivity contribution in [3.8, 4) is 6.07 Å². The highest BCUT2D eigenvalue weighted by atomic mass is 35.5. The predicted molar refractivity (Wildman–Crippen MR) is 75.2 cm³/mol. The molecule has 1 aliphatic carbocycles. The number of halogens is 1. The van der Waals surface area contributed by atoms with Crippen LogP contribution >= 0.6 is 11.6 Å². The van der Waals surface area contributed by atoms with Gasteiger partial charge >= 0.3 is 11.8 Å². The van der Waals surface area contributed by atoms with Crippen LogP contribution < -0.4 is 10.6 Å². The van der Waals surface area contributed by atoms with Gasteiger partial charge in [-0.05, 0) is 31.0 Å². The van der Waals surface area contributed by atoms with Crippen molar-refractivity contribution in [2.75, 3.05) is 5.32 Å². The van der Waals surface area contributed by atoms with Gasteiger partial charge in [0.15, 0.2) is 0 Å². The zero-order valence-electron chi connectivity index (χ0n) is 10.8. The van der Waals surface area contributed by atoms with Gasteiger partial charge in [0.1, 0.15) is 6.07 Å². The Morgan fingerprint density at radius 3 is 2.60 bits per heavy atom. The maximum absolute atomic E-state index is 11.8. The van der Waals surface area contributed by atoms with Crippen LogP contribution in [0.15, 0.2) is 18.2 Å². The van der Waals surface area contributed by atoms with Crippen molar-refractivity contribution in [3.05, 3.63) is 28.8 Å². The number of nitrogens with zero attached hydrogens (tertiary/aromatic N) is 1. The number of carbonyl (C=O) groups excluding carboxylic acids is 2. The summed E-state index contributed by atoms with van der Waals surface area (Å²) in [4.78, 5) is 23.6. The van der Waals surface area contributed by atoms with Crippen molar-refractivity contribution >= 4 is 29.1 Å². The summed E-state index contributed by atoms with van der Waals surface area (Å²) in [5, 5.41) is 14.4. The average molecular weight is 292 g/mol. The van der Waals surface area contributed by atoms with Crippen LogP contribution in [0.2, 0.25) is 5.02 Å². The monoisotopic (exact) mass is 291 g/mol. The van der Waals surface area contributed by atoms with E-state index >= 15 is 0 Å². The molecule has 1 fully saturated rings. The molecule has 0 spiro atoms. The van der Waals surface area contributed by atoms with Gasteiger partial charge in [-0.25, -0.2) is 0 Å². The van der Waals surface area contributed by atoms with E-state index in [-0.39, 0.29) is 17.3 Å². The van der Waals surface area contributed by atoms with Crippen molar-refractivity contribution < 1.29 is 9.59 Å². The number of nitrogens with one attached hydrogen (secondary N) is 2. The largest absolute Gasteiger partial charge is 0.345 e. The highest BCUT2D eigenvalue weighted by Gasteiger charge is 2.22. The second kappa shape index (κ2) is 6.40. The lowest BCUT2D eigenvalue weighted by Gasteiger charge is -2.12. The minimum Gasteiger partial charge on any atom is -0.345 e. The van der Waals surface area contributed by atoms with Gasteiger partial charge < -0.3 is 10.6 Å². The number of hydrogen-bond acceptors (Lipinski definition) is 3. The molecule has 1 aliphatic rings. The minimum absolute atomic E-state index is 0.0723. The molecule has 0 heterocycles. The number of amides is 2. The fourth-order valence-electron chi connectivity index (χ4n) is 2.22. The van der Waals surface area contributed by atoms with Crippen molar-refractivity contribution in [3.63, 3.8) is 0 Å². The van der Waals surface area contributed by atoms with Crippen LogP contribution in [0.4, 0.5) is 5.69 Å². The predicted octanol–water partition coefficient (Wildman–Crippen LogP) is 2.21. The summed E-state index contributed by atoms with van der Waals surface area (Å²) in [5.41, 5.74) is 0.503. The van der Waals surface area contributed by atoms with Crippen LogP contribution in [0.1, 0.15) is 31.2 Å². The van der Waals surface area contributed by atoms with Crippen molar-refractivity contribution in [1.29, 1.82) is 5.26 Å².